The van der Waals surface area contributed by atoms with Crippen molar-refractivity contribution in [3.05, 3.63) is 0 Å². The van der Waals surface area contributed by atoms with Crippen molar-refractivity contribution in [3.8, 4) is 0 Å². The van der Waals surface area contributed by atoms with Crippen LogP contribution >= 0.6 is 0 Å². The van der Waals surface area contributed by atoms with Crippen molar-refractivity contribution in [2.24, 2.45) is 23.7 Å². The first-order chi connectivity index (χ1) is 10.3. The summed E-state index contributed by atoms with van der Waals surface area (Å²) in [6.07, 6.45) is 17.7. The molecular weight excluding hydrogens is 254 g/mol. The third-order valence-electron chi connectivity index (χ3n) is 6.65. The molecule has 0 saturated heterocycles. The summed E-state index contributed by atoms with van der Waals surface area (Å²) in [7, 11) is 2.23. The van der Waals surface area contributed by atoms with Gasteiger partial charge in [0.05, 0.1) is 0 Å². The molecule has 3 atom stereocenters. The van der Waals surface area contributed by atoms with Crippen LogP contribution in [0.2, 0.25) is 0 Å². The van der Waals surface area contributed by atoms with Crippen LogP contribution in [0.25, 0.3) is 0 Å². The van der Waals surface area contributed by atoms with Gasteiger partial charge in [-0.3, -0.25) is 0 Å². The highest BCUT2D eigenvalue weighted by Gasteiger charge is 2.36. The zero-order valence-electron chi connectivity index (χ0n) is 14.9. The van der Waals surface area contributed by atoms with Crippen molar-refractivity contribution in [1.29, 1.82) is 0 Å². The molecule has 0 aliphatic heterocycles. The summed E-state index contributed by atoms with van der Waals surface area (Å²) in [6, 6.07) is 0.808. The fourth-order valence-electron chi connectivity index (χ4n) is 5.34. The first-order valence-electron chi connectivity index (χ1n) is 9.97. The molecule has 0 aromatic rings. The summed E-state index contributed by atoms with van der Waals surface area (Å²) < 4.78 is 0. The van der Waals surface area contributed by atoms with Crippen LogP contribution in [0.5, 0.6) is 0 Å². The van der Waals surface area contributed by atoms with Crippen molar-refractivity contribution in [3.63, 3.8) is 0 Å². The standard InChI is InChI=1S/C20H39N/c1-4-6-9-16-12-14-18(15-13-16)20(21-3)19-11-8-7-10-17(19)5-2/h16-21H,4-15H2,1-3H3. The molecule has 2 fully saturated rings. The number of hydrogen-bond acceptors (Lipinski definition) is 1. The molecule has 21 heavy (non-hydrogen) atoms. The number of nitrogens with one attached hydrogen (secondary N) is 1. The quantitative estimate of drug-likeness (QED) is 0.626. The SMILES string of the molecule is CCCCC1CCC(C(NC)C2CCCCC2CC)CC1. The fourth-order valence-corrected chi connectivity index (χ4v) is 5.34. The van der Waals surface area contributed by atoms with Crippen molar-refractivity contribution < 1.29 is 0 Å². The molecule has 0 aromatic heterocycles. The van der Waals surface area contributed by atoms with Gasteiger partial charge in [0.25, 0.3) is 0 Å². The predicted octanol–water partition coefficient (Wildman–Crippen LogP) is 5.79. The van der Waals surface area contributed by atoms with E-state index in [9.17, 15) is 0 Å². The first kappa shape index (κ1) is 17.3. The Bertz CT molecular complexity index is 267. The molecule has 2 rings (SSSR count). The van der Waals surface area contributed by atoms with E-state index in [0.29, 0.717) is 0 Å². The fraction of sp³-hybridized carbons (Fsp3) is 1.00. The molecule has 124 valence electrons. The average molecular weight is 294 g/mol. The zero-order valence-corrected chi connectivity index (χ0v) is 14.9. The lowest BCUT2D eigenvalue weighted by molar-refractivity contribution is 0.111. The minimum atomic E-state index is 0.808. The number of rotatable bonds is 7. The van der Waals surface area contributed by atoms with Crippen LogP contribution in [-0.4, -0.2) is 13.1 Å². The monoisotopic (exact) mass is 293 g/mol. The molecule has 0 heterocycles. The smallest absolute Gasteiger partial charge is 0.0123 e. The van der Waals surface area contributed by atoms with E-state index in [1.165, 1.54) is 77.0 Å². The van der Waals surface area contributed by atoms with Gasteiger partial charge in [-0.1, -0.05) is 71.6 Å². The Morgan fingerprint density at radius 2 is 1.67 bits per heavy atom. The van der Waals surface area contributed by atoms with E-state index in [4.69, 9.17) is 0 Å². The van der Waals surface area contributed by atoms with Gasteiger partial charge in [0.15, 0.2) is 0 Å². The van der Waals surface area contributed by atoms with Gasteiger partial charge in [-0.2, -0.15) is 0 Å². The maximum Gasteiger partial charge on any atom is 0.0123 e. The molecule has 2 aliphatic carbocycles. The highest BCUT2D eigenvalue weighted by Crippen LogP contribution is 2.41. The van der Waals surface area contributed by atoms with Crippen molar-refractivity contribution in [2.75, 3.05) is 7.05 Å². The van der Waals surface area contributed by atoms with Crippen molar-refractivity contribution in [2.45, 2.75) is 96.9 Å². The Morgan fingerprint density at radius 3 is 2.29 bits per heavy atom. The molecule has 3 unspecified atom stereocenters. The van der Waals surface area contributed by atoms with Gasteiger partial charge in [-0.25, -0.2) is 0 Å². The van der Waals surface area contributed by atoms with Crippen LogP contribution in [0.3, 0.4) is 0 Å². The van der Waals surface area contributed by atoms with Crippen LogP contribution in [0.4, 0.5) is 0 Å². The highest BCUT2D eigenvalue weighted by atomic mass is 14.9. The third-order valence-corrected chi connectivity index (χ3v) is 6.65. The van der Waals surface area contributed by atoms with E-state index >= 15 is 0 Å². The van der Waals surface area contributed by atoms with E-state index < -0.39 is 0 Å². The molecule has 0 aromatic carbocycles. The van der Waals surface area contributed by atoms with Gasteiger partial charge in [0, 0.05) is 6.04 Å². The summed E-state index contributed by atoms with van der Waals surface area (Å²) in [6.45, 7) is 4.74. The van der Waals surface area contributed by atoms with Crippen molar-refractivity contribution in [1.82, 2.24) is 5.32 Å². The largest absolute Gasteiger partial charge is 0.316 e. The van der Waals surface area contributed by atoms with Crippen LogP contribution in [-0.2, 0) is 0 Å². The highest BCUT2D eigenvalue weighted by molar-refractivity contribution is 4.90. The molecule has 1 N–H and O–H groups in total. The molecule has 2 saturated carbocycles. The second kappa shape index (κ2) is 9.18. The van der Waals surface area contributed by atoms with Crippen LogP contribution in [0.15, 0.2) is 0 Å². The zero-order chi connectivity index (χ0) is 15.1. The minimum absolute atomic E-state index is 0.808. The second-order valence-electron chi connectivity index (χ2n) is 7.85. The third kappa shape index (κ3) is 4.71. The molecular formula is C20H39N. The van der Waals surface area contributed by atoms with Gasteiger partial charge in [0.1, 0.15) is 0 Å². The van der Waals surface area contributed by atoms with Crippen LogP contribution in [0, 0.1) is 23.7 Å². The van der Waals surface area contributed by atoms with Gasteiger partial charge in [0.2, 0.25) is 0 Å². The van der Waals surface area contributed by atoms with E-state index in [1.54, 1.807) is 0 Å². The average Bonchev–Trinajstić information content (AvgIpc) is 2.55. The van der Waals surface area contributed by atoms with E-state index in [2.05, 4.69) is 26.2 Å². The minimum Gasteiger partial charge on any atom is -0.316 e. The number of hydrogen-bond donors (Lipinski definition) is 1. The Hall–Kier alpha value is -0.0400. The predicted molar refractivity (Wildman–Crippen MR) is 93.6 cm³/mol. The van der Waals surface area contributed by atoms with Crippen LogP contribution < -0.4 is 5.32 Å². The van der Waals surface area contributed by atoms with Gasteiger partial charge in [-0.15, -0.1) is 0 Å². The lowest BCUT2D eigenvalue weighted by atomic mass is 9.67. The Labute approximate surface area is 133 Å². The maximum absolute atomic E-state index is 3.76. The molecule has 0 spiro atoms. The lowest BCUT2D eigenvalue weighted by Crippen LogP contribution is -2.45. The summed E-state index contributed by atoms with van der Waals surface area (Å²) >= 11 is 0. The summed E-state index contributed by atoms with van der Waals surface area (Å²) in [5.74, 6) is 3.97. The summed E-state index contributed by atoms with van der Waals surface area (Å²) in [4.78, 5) is 0. The van der Waals surface area contributed by atoms with Crippen molar-refractivity contribution >= 4 is 0 Å². The normalized spacial score (nSPS) is 35.6. The van der Waals surface area contributed by atoms with Gasteiger partial charge < -0.3 is 5.32 Å². The molecule has 0 amide bonds. The molecule has 1 nitrogen and oxygen atoms in total. The second-order valence-corrected chi connectivity index (χ2v) is 7.85. The molecule has 0 radical (unpaired) electrons. The first-order valence-corrected chi connectivity index (χ1v) is 9.97. The Kier molecular flexibility index (Phi) is 7.57. The Balaban J connectivity index is 1.86. The molecule has 0 bridgehead atoms. The number of unbranched alkanes of at least 4 members (excludes halogenated alkanes) is 1. The lowest BCUT2D eigenvalue weighted by Gasteiger charge is -2.43. The van der Waals surface area contributed by atoms with E-state index in [1.807, 2.05) is 0 Å². The van der Waals surface area contributed by atoms with Gasteiger partial charge >= 0.3 is 0 Å². The topological polar surface area (TPSA) is 12.0 Å². The maximum atomic E-state index is 3.76. The summed E-state index contributed by atoms with van der Waals surface area (Å²) in [5.41, 5.74) is 0. The Morgan fingerprint density at radius 1 is 0.952 bits per heavy atom. The summed E-state index contributed by atoms with van der Waals surface area (Å²) in [5, 5.41) is 3.76. The van der Waals surface area contributed by atoms with Gasteiger partial charge in [-0.05, 0) is 50.0 Å². The van der Waals surface area contributed by atoms with E-state index in [0.717, 1.165) is 29.7 Å². The van der Waals surface area contributed by atoms with Crippen LogP contribution in [0.1, 0.15) is 90.9 Å². The molecule has 2 aliphatic rings. The van der Waals surface area contributed by atoms with E-state index in [-0.39, 0.29) is 0 Å². The molecule has 1 heteroatoms.